The lowest BCUT2D eigenvalue weighted by molar-refractivity contribution is -0.318. The van der Waals surface area contributed by atoms with Crippen LogP contribution in [0.25, 0.3) is 0 Å². The Hall–Kier alpha value is -2.51. The number of carbonyl (C=O) groups excluding carboxylic acids is 3. The van der Waals surface area contributed by atoms with Crippen LogP contribution < -0.4 is 5.32 Å². The Balaban J connectivity index is 1.13. The van der Waals surface area contributed by atoms with Gasteiger partial charge < -0.3 is 79.5 Å². The zero-order valence-corrected chi connectivity index (χ0v) is 51.1. The molecule has 2 saturated carbocycles. The third-order valence-corrected chi connectivity index (χ3v) is 21.3. The molecule has 4 aliphatic carbocycles. The number of aliphatic hydroxyl groups is 8. The molecule has 3 aliphatic heterocycles. The molecule has 0 bridgehead atoms. The monoisotopic (exact) mass is 1150 g/mol. The number of cyclic esters (lactones) is 1. The fourth-order valence-electron chi connectivity index (χ4n) is 16.4. The van der Waals surface area contributed by atoms with Gasteiger partial charge in [-0.25, -0.2) is 0 Å². The van der Waals surface area contributed by atoms with E-state index in [4.69, 9.17) is 28.4 Å². The van der Waals surface area contributed by atoms with Gasteiger partial charge in [-0.05, 0) is 138 Å². The number of methoxy groups -OCH3 is 1. The first-order valence-electron chi connectivity index (χ1n) is 30.2. The fourth-order valence-corrected chi connectivity index (χ4v) is 16.4. The minimum Gasteiger partial charge on any atom is -0.459 e. The summed E-state index contributed by atoms with van der Waals surface area (Å²) in [5.41, 5.74) is -7.18. The Morgan fingerprint density at radius 2 is 1.62 bits per heavy atom. The van der Waals surface area contributed by atoms with E-state index in [0.717, 1.165) is 5.57 Å². The molecule has 9 N–H and O–H groups in total. The molecule has 7 aliphatic rings. The van der Waals surface area contributed by atoms with E-state index in [1.165, 1.54) is 14.0 Å². The quantitative estimate of drug-likeness (QED) is 0.0728. The van der Waals surface area contributed by atoms with Crippen LogP contribution in [0.2, 0.25) is 0 Å². The van der Waals surface area contributed by atoms with Gasteiger partial charge in [-0.2, -0.15) is 0 Å². The molecule has 20 heteroatoms. The first-order valence-corrected chi connectivity index (χ1v) is 30.2. The minimum atomic E-state index is -2.01. The van der Waals surface area contributed by atoms with E-state index in [9.17, 15) is 55.2 Å². The lowest BCUT2D eigenvalue weighted by Crippen LogP contribution is -2.64. The van der Waals surface area contributed by atoms with Crippen molar-refractivity contribution < 1.29 is 83.7 Å². The molecular weight excluding hydrogens is 1050 g/mol. The molecule has 81 heavy (non-hydrogen) atoms. The number of esters is 1. The van der Waals surface area contributed by atoms with Crippen LogP contribution in [0.3, 0.4) is 0 Å². The summed E-state index contributed by atoms with van der Waals surface area (Å²) in [5, 5.41) is 99.8. The predicted octanol–water partition coefficient (Wildman–Crippen LogP) is 3.15. The number of carbonyl (C=O) groups is 3. The molecule has 26 atom stereocenters. The topological polar surface area (TPSA) is 287 Å². The Bertz CT molecular complexity index is 2270. The van der Waals surface area contributed by atoms with Gasteiger partial charge >= 0.3 is 5.97 Å². The number of fused-ring (bicyclic) bond motifs is 5. The molecule has 0 aromatic heterocycles. The largest absolute Gasteiger partial charge is 0.459 e. The smallest absolute Gasteiger partial charge is 0.311 e. The van der Waals surface area contributed by atoms with E-state index in [1.807, 2.05) is 50.7 Å². The van der Waals surface area contributed by atoms with E-state index in [-0.39, 0.29) is 93.3 Å². The number of nitrogens with zero attached hydrogens (tertiary/aromatic N) is 2. The number of aliphatic hydroxyl groups excluding tert-OH is 5. The van der Waals surface area contributed by atoms with Gasteiger partial charge in [0.25, 0.3) is 5.91 Å². The molecule has 6 unspecified atom stereocenters. The molecule has 0 aromatic rings. The number of allylic oxidation sites excluding steroid dienone is 4. The van der Waals surface area contributed by atoms with Crippen molar-refractivity contribution in [3.05, 3.63) is 23.8 Å². The van der Waals surface area contributed by atoms with Crippen LogP contribution in [-0.4, -0.2) is 217 Å². The highest BCUT2D eigenvalue weighted by Crippen LogP contribution is 2.67. The number of likely N-dealkylation sites (N-methyl/N-ethyl adjacent to an activating group) is 1. The summed E-state index contributed by atoms with van der Waals surface area (Å²) in [5.74, 6) is -4.17. The number of ether oxygens (including phenoxy) is 6. The highest BCUT2D eigenvalue weighted by atomic mass is 16.7. The van der Waals surface area contributed by atoms with Gasteiger partial charge in [0.15, 0.2) is 24.5 Å². The average Bonchev–Trinajstić information content (AvgIpc) is 3.26. The standard InChI is InChI=1S/C61H103N3O17/c1-16-44-60(12,74)49(68)36(6)64(25-17-24-62-53(71)51(70)61(75)23-21-41-40-19-18-38-27-39(65)20-22-56(38,8)46(40)43(66)29-57(41,61)9)31-32(2)28-58(10,73)52(81-55-47(67)42(63(13)14)26-33(3)77-55)34(4)48(35(5)54(72)79-44)80-45-30-59(11,76-15)50(69)37(7)78-45/h18,20,22,32-37,40-52,55,66-70,73-75H,16-17,19,21,23-31H2,1-15H3,(H,62,71)/t32-,33-,34+,35-,36-,37?,40?,41?,42-,43+,44-,45?,46?,47-,48+,49-,50-,51?,52-,55+,56+,57+,58-,59+,60-,61+/m1/s1. The lowest BCUT2D eigenvalue weighted by Gasteiger charge is -2.59. The summed E-state index contributed by atoms with van der Waals surface area (Å²) in [6, 6.07) is -1.16. The molecule has 0 aromatic carbocycles. The van der Waals surface area contributed by atoms with Gasteiger partial charge in [-0.1, -0.05) is 52.3 Å². The molecule has 3 heterocycles. The minimum absolute atomic E-state index is 0.0340. The maximum absolute atomic E-state index is 14.7. The molecule has 5 fully saturated rings. The summed E-state index contributed by atoms with van der Waals surface area (Å²) < 4.78 is 38.2. The van der Waals surface area contributed by atoms with Crippen molar-refractivity contribution in [2.24, 2.45) is 46.3 Å². The number of hydrogen-bond acceptors (Lipinski definition) is 19. The molecule has 3 saturated heterocycles. The summed E-state index contributed by atoms with van der Waals surface area (Å²) in [7, 11) is 5.21. The Labute approximate surface area is 481 Å². The molecule has 0 radical (unpaired) electrons. The van der Waals surface area contributed by atoms with E-state index >= 15 is 0 Å². The second-order valence-corrected chi connectivity index (χ2v) is 27.4. The Kier molecular flexibility index (Phi) is 20.4. The number of hydrogen-bond donors (Lipinski definition) is 9. The number of ketones is 1. The molecule has 0 spiro atoms. The Morgan fingerprint density at radius 3 is 2.26 bits per heavy atom. The van der Waals surface area contributed by atoms with Gasteiger partial charge in [0.1, 0.15) is 35.6 Å². The van der Waals surface area contributed by atoms with Crippen LogP contribution in [0.4, 0.5) is 0 Å². The van der Waals surface area contributed by atoms with E-state index in [2.05, 4.69) is 18.3 Å². The first kappa shape index (κ1) is 66.0. The van der Waals surface area contributed by atoms with Crippen molar-refractivity contribution in [3.63, 3.8) is 0 Å². The van der Waals surface area contributed by atoms with Gasteiger partial charge in [-0.3, -0.25) is 19.3 Å². The van der Waals surface area contributed by atoms with Gasteiger partial charge in [0.05, 0.1) is 47.6 Å². The second-order valence-electron chi connectivity index (χ2n) is 27.4. The van der Waals surface area contributed by atoms with Crippen molar-refractivity contribution in [2.75, 3.05) is 40.8 Å². The molecule has 464 valence electrons. The highest BCUT2D eigenvalue weighted by molar-refractivity contribution is 5.93. The van der Waals surface area contributed by atoms with Gasteiger partial charge in [-0.15, -0.1) is 0 Å². The first-order chi connectivity index (χ1) is 37.6. The zero-order valence-electron chi connectivity index (χ0n) is 51.1. The summed E-state index contributed by atoms with van der Waals surface area (Å²) in [6.45, 7) is 21.7. The van der Waals surface area contributed by atoms with Crippen molar-refractivity contribution >= 4 is 17.7 Å². The third-order valence-electron chi connectivity index (χ3n) is 21.3. The SMILES string of the molecule is CC[C@H]1OC(=O)[C@H](C)[C@@H](OC2C[C@](C)(OC)[C@H](O)C(C)O2)[C@H](C)[C@@H](O[C@@H]2O[C@H](C)C[C@@H](N(C)C)[C@H]2O)[C@](C)(O)C[C@@H](C)CN(CCCNC(=O)C(O)[C@@]2(O)CCC3C4CC=C5CC(=O)C=C[C@]5(C)C4[C@@H](O)C[C@@]32C)[C@H](C)[C@@H](O)[C@]1(C)O. The lowest BCUT2D eigenvalue weighted by atomic mass is 9.46. The summed E-state index contributed by atoms with van der Waals surface area (Å²) in [4.78, 5) is 45.0. The fraction of sp³-hybridized carbons (Fsp3) is 0.885. The van der Waals surface area contributed by atoms with Crippen molar-refractivity contribution in [1.29, 1.82) is 0 Å². The number of amides is 1. The van der Waals surface area contributed by atoms with Crippen LogP contribution in [-0.2, 0) is 42.8 Å². The van der Waals surface area contributed by atoms with E-state index in [1.54, 1.807) is 54.5 Å². The van der Waals surface area contributed by atoms with E-state index < -0.39 is 131 Å². The highest BCUT2D eigenvalue weighted by Gasteiger charge is 2.68. The third kappa shape index (κ3) is 12.7. The van der Waals surface area contributed by atoms with Crippen LogP contribution in [0.15, 0.2) is 23.8 Å². The second kappa shape index (κ2) is 25.1. The van der Waals surface area contributed by atoms with Crippen LogP contribution in [0, 0.1) is 46.3 Å². The predicted molar refractivity (Wildman–Crippen MR) is 300 cm³/mol. The number of nitrogens with one attached hydrogen (secondary N) is 1. The van der Waals surface area contributed by atoms with Gasteiger partial charge in [0.2, 0.25) is 0 Å². The summed E-state index contributed by atoms with van der Waals surface area (Å²) >= 11 is 0. The van der Waals surface area contributed by atoms with Crippen LogP contribution >= 0.6 is 0 Å². The number of rotatable bonds is 13. The molecule has 20 nitrogen and oxygen atoms in total. The average molecular weight is 1150 g/mol. The normalized spacial score (nSPS) is 48.9. The molecule has 1 amide bonds. The van der Waals surface area contributed by atoms with Crippen LogP contribution in [0.5, 0.6) is 0 Å². The maximum Gasteiger partial charge on any atom is 0.311 e. The Morgan fingerprint density at radius 1 is 0.938 bits per heavy atom. The van der Waals surface area contributed by atoms with Crippen molar-refractivity contribution in [1.82, 2.24) is 15.1 Å². The summed E-state index contributed by atoms with van der Waals surface area (Å²) in [6.07, 6.45) is -4.64. The van der Waals surface area contributed by atoms with E-state index in [0.29, 0.717) is 32.1 Å². The van der Waals surface area contributed by atoms with Crippen molar-refractivity contribution in [2.45, 2.75) is 255 Å². The van der Waals surface area contributed by atoms with Crippen LogP contribution in [0.1, 0.15) is 147 Å². The van der Waals surface area contributed by atoms with Gasteiger partial charge in [0, 0.05) is 74.3 Å². The zero-order chi connectivity index (χ0) is 60.3. The van der Waals surface area contributed by atoms with Crippen molar-refractivity contribution in [3.8, 4) is 0 Å². The maximum atomic E-state index is 14.7. The molecular formula is C61H103N3O17. The molecule has 7 rings (SSSR count).